The van der Waals surface area contributed by atoms with Gasteiger partial charge in [-0.15, -0.1) is 0 Å². The van der Waals surface area contributed by atoms with E-state index in [0.29, 0.717) is 29.7 Å². The second-order valence-corrected chi connectivity index (χ2v) is 9.98. The van der Waals surface area contributed by atoms with Gasteiger partial charge >= 0.3 is 0 Å². The fourth-order valence-corrected chi connectivity index (χ4v) is 5.79. The van der Waals surface area contributed by atoms with E-state index in [1.165, 1.54) is 5.56 Å². The molecule has 0 aromatic heterocycles. The molecule has 3 aliphatic heterocycles. The number of hydrogen-bond acceptors (Lipinski definition) is 3. The molecule has 1 N–H and O–H groups in total. The number of amides is 1. The highest BCUT2D eigenvalue weighted by molar-refractivity contribution is 5.91. The van der Waals surface area contributed by atoms with E-state index in [1.807, 2.05) is 0 Å². The fraction of sp³-hybridized carbons (Fsp3) is 0.667. The minimum Gasteiger partial charge on any atom is -0.354 e. The molecule has 0 spiro atoms. The van der Waals surface area contributed by atoms with Crippen molar-refractivity contribution in [2.45, 2.75) is 52.1 Å². The summed E-state index contributed by atoms with van der Waals surface area (Å²) in [6, 6.07) is 11.1. The number of aliphatic imine (C=N–C) groups is 1. The molecule has 5 atom stereocenters. The lowest BCUT2D eigenvalue weighted by Gasteiger charge is -2.51. The van der Waals surface area contributed by atoms with Gasteiger partial charge in [0.2, 0.25) is 5.91 Å². The van der Waals surface area contributed by atoms with Crippen LogP contribution in [0.25, 0.3) is 0 Å². The van der Waals surface area contributed by atoms with Gasteiger partial charge in [0.25, 0.3) is 0 Å². The van der Waals surface area contributed by atoms with E-state index in [1.54, 1.807) is 0 Å². The van der Waals surface area contributed by atoms with Crippen molar-refractivity contribution in [3.05, 3.63) is 35.9 Å². The van der Waals surface area contributed by atoms with E-state index in [2.05, 4.69) is 74.5 Å². The van der Waals surface area contributed by atoms with E-state index < -0.39 is 5.54 Å². The van der Waals surface area contributed by atoms with Crippen molar-refractivity contribution >= 4 is 12.1 Å². The van der Waals surface area contributed by atoms with E-state index in [0.717, 1.165) is 32.5 Å². The van der Waals surface area contributed by atoms with E-state index in [-0.39, 0.29) is 11.8 Å². The lowest BCUT2D eigenvalue weighted by molar-refractivity contribution is -0.132. The van der Waals surface area contributed by atoms with E-state index >= 15 is 0 Å². The Morgan fingerprint density at radius 2 is 1.96 bits per heavy atom. The molecule has 1 aliphatic carbocycles. The molecule has 0 radical (unpaired) electrons. The van der Waals surface area contributed by atoms with Crippen LogP contribution in [-0.2, 0) is 11.2 Å². The monoisotopic (exact) mass is 381 g/mol. The Bertz CT molecular complexity index is 729. The van der Waals surface area contributed by atoms with Gasteiger partial charge in [0.1, 0.15) is 5.54 Å². The summed E-state index contributed by atoms with van der Waals surface area (Å²) in [7, 11) is 0. The second-order valence-electron chi connectivity index (χ2n) is 9.98. The summed E-state index contributed by atoms with van der Waals surface area (Å²) in [5.74, 6) is 2.56. The average molecular weight is 382 g/mol. The van der Waals surface area contributed by atoms with Gasteiger partial charge in [-0.05, 0) is 36.2 Å². The van der Waals surface area contributed by atoms with Gasteiger partial charge in [0, 0.05) is 43.7 Å². The Morgan fingerprint density at radius 1 is 1.21 bits per heavy atom. The summed E-state index contributed by atoms with van der Waals surface area (Å²) in [4.78, 5) is 21.1. The molecule has 152 valence electrons. The predicted octanol–water partition coefficient (Wildman–Crippen LogP) is 3.42. The quantitative estimate of drug-likeness (QED) is 0.787. The third-order valence-electron chi connectivity index (χ3n) is 6.87. The Morgan fingerprint density at radius 3 is 2.64 bits per heavy atom. The predicted molar refractivity (Wildman–Crippen MR) is 115 cm³/mol. The van der Waals surface area contributed by atoms with Crippen molar-refractivity contribution in [3.63, 3.8) is 0 Å². The molecule has 4 nitrogen and oxygen atoms in total. The van der Waals surface area contributed by atoms with Gasteiger partial charge in [-0.2, -0.15) is 0 Å². The Hall–Kier alpha value is -1.68. The summed E-state index contributed by atoms with van der Waals surface area (Å²) < 4.78 is 0. The number of carbonyl (C=O) groups excluding carboxylic acids is 1. The largest absolute Gasteiger partial charge is 0.354 e. The van der Waals surface area contributed by atoms with Crippen LogP contribution in [0, 0.1) is 29.6 Å². The van der Waals surface area contributed by atoms with Crippen LogP contribution in [0.15, 0.2) is 35.3 Å². The summed E-state index contributed by atoms with van der Waals surface area (Å²) >= 11 is 0. The first-order valence-electron chi connectivity index (χ1n) is 11.0. The van der Waals surface area contributed by atoms with Crippen LogP contribution < -0.4 is 5.32 Å². The molecule has 4 bridgehead atoms. The molecule has 1 aromatic carbocycles. The summed E-state index contributed by atoms with van der Waals surface area (Å²) in [6.45, 7) is 11.8. The third kappa shape index (κ3) is 3.41. The SMILES string of the molecule is CC(C)CNC(=O)[C@@]12C[C@@H]3CN(CC(C)C)[C@@H]([C@@H]3C=N1)[C@@H]2Cc1ccccc1. The number of hydrogen-bond donors (Lipinski definition) is 1. The maximum Gasteiger partial charge on any atom is 0.248 e. The highest BCUT2D eigenvalue weighted by Crippen LogP contribution is 2.53. The molecular weight excluding hydrogens is 346 g/mol. The van der Waals surface area contributed by atoms with Crippen molar-refractivity contribution in [3.8, 4) is 0 Å². The van der Waals surface area contributed by atoms with Crippen LogP contribution in [0.3, 0.4) is 0 Å². The molecular formula is C24H35N3O. The van der Waals surface area contributed by atoms with Crippen LogP contribution in [0.1, 0.15) is 39.7 Å². The first-order valence-corrected chi connectivity index (χ1v) is 11.0. The summed E-state index contributed by atoms with van der Waals surface area (Å²) in [6.07, 6.45) is 3.98. The highest BCUT2D eigenvalue weighted by atomic mass is 16.2. The minimum absolute atomic E-state index is 0.151. The van der Waals surface area contributed by atoms with Crippen LogP contribution in [0.2, 0.25) is 0 Å². The lowest BCUT2D eigenvalue weighted by atomic mass is 9.59. The second kappa shape index (κ2) is 7.62. The fourth-order valence-electron chi connectivity index (χ4n) is 5.79. The zero-order valence-electron chi connectivity index (χ0n) is 17.8. The highest BCUT2D eigenvalue weighted by Gasteiger charge is 2.63. The van der Waals surface area contributed by atoms with E-state index in [4.69, 9.17) is 4.99 Å². The molecule has 1 amide bonds. The minimum atomic E-state index is -0.597. The first kappa shape index (κ1) is 19.6. The van der Waals surface area contributed by atoms with Crippen molar-refractivity contribution in [1.82, 2.24) is 10.2 Å². The molecule has 5 rings (SSSR count). The molecule has 4 aliphatic rings. The maximum atomic E-state index is 13.5. The van der Waals surface area contributed by atoms with Crippen molar-refractivity contribution in [2.24, 2.45) is 34.6 Å². The molecule has 2 fully saturated rings. The summed E-state index contributed by atoms with van der Waals surface area (Å²) in [5, 5.41) is 3.24. The van der Waals surface area contributed by atoms with Gasteiger partial charge in [-0.25, -0.2) is 0 Å². The Labute approximate surface area is 169 Å². The Balaban J connectivity index is 1.68. The number of likely N-dealkylation sites (tertiary alicyclic amines) is 1. The smallest absolute Gasteiger partial charge is 0.248 e. The van der Waals surface area contributed by atoms with Gasteiger partial charge < -0.3 is 5.32 Å². The van der Waals surface area contributed by atoms with Crippen LogP contribution in [0.4, 0.5) is 0 Å². The number of rotatable bonds is 7. The first-order chi connectivity index (χ1) is 13.4. The van der Waals surface area contributed by atoms with Crippen molar-refractivity contribution in [2.75, 3.05) is 19.6 Å². The topological polar surface area (TPSA) is 44.7 Å². The average Bonchev–Trinajstić information content (AvgIpc) is 2.95. The van der Waals surface area contributed by atoms with Crippen LogP contribution in [0.5, 0.6) is 0 Å². The van der Waals surface area contributed by atoms with Gasteiger partial charge in [0.15, 0.2) is 0 Å². The van der Waals surface area contributed by atoms with Gasteiger partial charge in [-0.3, -0.25) is 14.7 Å². The molecule has 1 saturated heterocycles. The molecule has 0 unspecified atom stereocenters. The van der Waals surface area contributed by atoms with Crippen LogP contribution >= 0.6 is 0 Å². The normalized spacial score (nSPS) is 33.8. The van der Waals surface area contributed by atoms with Gasteiger partial charge in [0.05, 0.1) is 0 Å². The van der Waals surface area contributed by atoms with Gasteiger partial charge in [-0.1, -0.05) is 58.0 Å². The molecule has 28 heavy (non-hydrogen) atoms. The number of nitrogens with zero attached hydrogens (tertiary/aromatic N) is 2. The Kier molecular flexibility index (Phi) is 5.34. The number of benzene rings is 1. The molecule has 1 aromatic rings. The molecule has 4 heteroatoms. The zero-order valence-corrected chi connectivity index (χ0v) is 17.8. The molecule has 1 saturated carbocycles. The standard InChI is InChI=1S/C24H35N3O/c1-16(2)12-25-23(28)24-11-19-15-27(14-17(3)4)22(20(19)13-26-24)21(24)10-18-8-6-5-7-9-18/h5-9,13,16-17,19-22H,10-12,14-15H2,1-4H3,(H,25,28)/t19-,20-,21+,22+,24+/m1/s1. The molecule has 3 heterocycles. The number of nitrogens with one attached hydrogen (secondary N) is 1. The lowest BCUT2D eigenvalue weighted by Crippen LogP contribution is -2.64. The third-order valence-corrected chi connectivity index (χ3v) is 6.87. The van der Waals surface area contributed by atoms with E-state index in [9.17, 15) is 4.79 Å². The van der Waals surface area contributed by atoms with Crippen molar-refractivity contribution < 1.29 is 4.79 Å². The van der Waals surface area contributed by atoms with Crippen molar-refractivity contribution in [1.29, 1.82) is 0 Å². The van der Waals surface area contributed by atoms with Crippen LogP contribution in [-0.4, -0.2) is 48.2 Å². The summed E-state index contributed by atoms with van der Waals surface area (Å²) in [5.41, 5.74) is 0.722. The zero-order chi connectivity index (χ0) is 19.9. The number of carbonyl (C=O) groups is 1. The maximum absolute atomic E-state index is 13.5.